The first-order valence-electron chi connectivity index (χ1n) is 9.84. The van der Waals surface area contributed by atoms with Gasteiger partial charge in [-0.15, -0.1) is 0 Å². The number of benzene rings is 2. The van der Waals surface area contributed by atoms with Crippen LogP contribution in [0.5, 0.6) is 5.75 Å². The molecule has 0 fully saturated rings. The molecule has 6 heteroatoms. The van der Waals surface area contributed by atoms with Gasteiger partial charge in [-0.05, 0) is 49.2 Å². The number of para-hydroxylation sites is 2. The van der Waals surface area contributed by atoms with E-state index >= 15 is 0 Å². The number of nitrogens with one attached hydrogen (secondary N) is 2. The Bertz CT molecular complexity index is 988. The summed E-state index contributed by atoms with van der Waals surface area (Å²) in [5.74, 6) is -0.205. The summed E-state index contributed by atoms with van der Waals surface area (Å²) < 4.78 is 5.51. The number of hydrogen-bond acceptors (Lipinski definition) is 4. The molecule has 0 saturated heterocycles. The summed E-state index contributed by atoms with van der Waals surface area (Å²) >= 11 is 0. The van der Waals surface area contributed by atoms with E-state index in [2.05, 4.69) is 15.6 Å². The van der Waals surface area contributed by atoms with Crippen molar-refractivity contribution in [2.75, 3.05) is 11.9 Å². The molecular formula is C24H25N3O3. The van der Waals surface area contributed by atoms with E-state index in [0.717, 1.165) is 16.7 Å². The number of ether oxygens (including phenoxy) is 1. The molecule has 2 N–H and O–H groups in total. The zero-order valence-electron chi connectivity index (χ0n) is 17.1. The maximum Gasteiger partial charge on any atom is 0.233 e. The smallest absolute Gasteiger partial charge is 0.233 e. The molecule has 3 aromatic rings. The SMILES string of the molecule is CCOc1ccccc1NC(=O)CC(=O)NC(c1ccncc1)c1ccc(C)cc1. The maximum atomic E-state index is 12.7. The zero-order valence-corrected chi connectivity index (χ0v) is 17.1. The minimum Gasteiger partial charge on any atom is -0.492 e. The first kappa shape index (κ1) is 21.0. The van der Waals surface area contributed by atoms with Crippen molar-refractivity contribution < 1.29 is 14.3 Å². The molecule has 3 rings (SSSR count). The predicted octanol–water partition coefficient (Wildman–Crippen LogP) is 4.02. The average Bonchev–Trinajstić information content (AvgIpc) is 2.75. The third kappa shape index (κ3) is 5.67. The first-order valence-corrected chi connectivity index (χ1v) is 9.84. The number of pyridine rings is 1. The van der Waals surface area contributed by atoms with Crippen LogP contribution in [0.3, 0.4) is 0 Å². The van der Waals surface area contributed by atoms with Crippen molar-refractivity contribution in [2.45, 2.75) is 26.3 Å². The molecule has 1 unspecified atom stereocenters. The second-order valence-corrected chi connectivity index (χ2v) is 6.85. The molecule has 1 aromatic heterocycles. The molecule has 2 aromatic carbocycles. The number of nitrogens with zero attached hydrogens (tertiary/aromatic N) is 1. The summed E-state index contributed by atoms with van der Waals surface area (Å²) in [6.07, 6.45) is 3.06. The molecule has 0 bridgehead atoms. The highest BCUT2D eigenvalue weighted by atomic mass is 16.5. The van der Waals surface area contributed by atoms with E-state index in [0.29, 0.717) is 18.0 Å². The van der Waals surface area contributed by atoms with Gasteiger partial charge in [0.15, 0.2) is 0 Å². The molecule has 6 nitrogen and oxygen atoms in total. The van der Waals surface area contributed by atoms with Crippen LogP contribution >= 0.6 is 0 Å². The number of anilines is 1. The van der Waals surface area contributed by atoms with E-state index in [1.807, 2.05) is 56.3 Å². The number of hydrogen-bond donors (Lipinski definition) is 2. The fraction of sp³-hybridized carbons (Fsp3) is 0.208. The van der Waals surface area contributed by atoms with Gasteiger partial charge in [-0.25, -0.2) is 0 Å². The highest BCUT2D eigenvalue weighted by molar-refractivity contribution is 6.04. The first-order chi connectivity index (χ1) is 14.6. The number of carbonyl (C=O) groups is 2. The monoisotopic (exact) mass is 403 g/mol. The lowest BCUT2D eigenvalue weighted by atomic mass is 9.98. The molecule has 30 heavy (non-hydrogen) atoms. The van der Waals surface area contributed by atoms with Gasteiger partial charge in [0, 0.05) is 12.4 Å². The predicted molar refractivity (Wildman–Crippen MR) is 116 cm³/mol. The Morgan fingerprint density at radius 3 is 2.30 bits per heavy atom. The molecule has 0 spiro atoms. The van der Waals surface area contributed by atoms with Crippen LogP contribution in [-0.4, -0.2) is 23.4 Å². The highest BCUT2D eigenvalue weighted by Crippen LogP contribution is 2.24. The van der Waals surface area contributed by atoms with E-state index in [-0.39, 0.29) is 18.4 Å². The van der Waals surface area contributed by atoms with Crippen molar-refractivity contribution in [1.82, 2.24) is 10.3 Å². The Hall–Kier alpha value is -3.67. The Kier molecular flexibility index (Phi) is 7.16. The Morgan fingerprint density at radius 1 is 0.933 bits per heavy atom. The normalized spacial score (nSPS) is 11.4. The van der Waals surface area contributed by atoms with Crippen molar-refractivity contribution >= 4 is 17.5 Å². The Morgan fingerprint density at radius 2 is 1.60 bits per heavy atom. The van der Waals surface area contributed by atoms with E-state index in [9.17, 15) is 9.59 Å². The van der Waals surface area contributed by atoms with Crippen molar-refractivity contribution in [3.8, 4) is 5.75 Å². The van der Waals surface area contributed by atoms with E-state index in [4.69, 9.17) is 4.74 Å². The van der Waals surface area contributed by atoms with Crippen molar-refractivity contribution in [3.05, 3.63) is 89.7 Å². The minimum absolute atomic E-state index is 0.298. The third-order valence-corrected chi connectivity index (χ3v) is 4.54. The Labute approximate surface area is 176 Å². The largest absolute Gasteiger partial charge is 0.492 e. The molecule has 154 valence electrons. The van der Waals surface area contributed by atoms with Crippen LogP contribution in [0.25, 0.3) is 0 Å². The second kappa shape index (κ2) is 10.2. The topological polar surface area (TPSA) is 80.3 Å². The van der Waals surface area contributed by atoms with Gasteiger partial charge >= 0.3 is 0 Å². The third-order valence-electron chi connectivity index (χ3n) is 4.54. The number of aryl methyl sites for hydroxylation is 1. The fourth-order valence-corrected chi connectivity index (χ4v) is 3.08. The summed E-state index contributed by atoms with van der Waals surface area (Å²) in [6, 6.07) is 18.4. The standard InChI is InChI=1S/C24H25N3O3/c1-3-30-21-7-5-4-6-20(21)26-22(28)16-23(29)27-24(19-12-14-25-15-13-19)18-10-8-17(2)9-11-18/h4-15,24H,3,16H2,1-2H3,(H,26,28)(H,27,29). The van der Waals surface area contributed by atoms with Gasteiger partial charge in [-0.3, -0.25) is 14.6 Å². The molecule has 2 amide bonds. The van der Waals surface area contributed by atoms with Gasteiger partial charge in [0.2, 0.25) is 11.8 Å². The summed E-state index contributed by atoms with van der Waals surface area (Å²) in [4.78, 5) is 29.1. The summed E-state index contributed by atoms with van der Waals surface area (Å²) in [5.41, 5.74) is 3.50. The zero-order chi connectivity index (χ0) is 21.3. The summed E-state index contributed by atoms with van der Waals surface area (Å²) in [7, 11) is 0. The van der Waals surface area contributed by atoms with Crippen LogP contribution < -0.4 is 15.4 Å². The molecule has 1 atom stereocenters. The summed E-state index contributed by atoms with van der Waals surface area (Å²) in [6.45, 7) is 4.36. The Balaban J connectivity index is 1.70. The fourth-order valence-electron chi connectivity index (χ4n) is 3.08. The van der Waals surface area contributed by atoms with Gasteiger partial charge in [-0.2, -0.15) is 0 Å². The molecule has 0 aliphatic rings. The van der Waals surface area contributed by atoms with Gasteiger partial charge in [0.25, 0.3) is 0 Å². The molecular weight excluding hydrogens is 378 g/mol. The molecule has 0 saturated carbocycles. The number of carbonyl (C=O) groups excluding carboxylic acids is 2. The van der Waals surface area contributed by atoms with Crippen LogP contribution in [0.15, 0.2) is 73.1 Å². The average molecular weight is 403 g/mol. The lowest BCUT2D eigenvalue weighted by molar-refractivity contribution is -0.127. The molecule has 1 heterocycles. The number of rotatable bonds is 8. The number of amides is 2. The molecule has 0 aliphatic carbocycles. The van der Waals surface area contributed by atoms with E-state index in [1.54, 1.807) is 30.6 Å². The van der Waals surface area contributed by atoms with E-state index < -0.39 is 5.91 Å². The van der Waals surface area contributed by atoms with Gasteiger partial charge < -0.3 is 15.4 Å². The molecule has 0 aliphatic heterocycles. The van der Waals surface area contributed by atoms with Crippen molar-refractivity contribution in [1.29, 1.82) is 0 Å². The van der Waals surface area contributed by atoms with Crippen LogP contribution in [-0.2, 0) is 9.59 Å². The van der Waals surface area contributed by atoms with Crippen LogP contribution in [0.2, 0.25) is 0 Å². The highest BCUT2D eigenvalue weighted by Gasteiger charge is 2.19. The maximum absolute atomic E-state index is 12.7. The van der Waals surface area contributed by atoms with Crippen LogP contribution in [0, 0.1) is 6.92 Å². The lowest BCUT2D eigenvalue weighted by Crippen LogP contribution is -2.32. The van der Waals surface area contributed by atoms with Gasteiger partial charge in [0.1, 0.15) is 12.2 Å². The quantitative estimate of drug-likeness (QED) is 0.557. The van der Waals surface area contributed by atoms with Crippen molar-refractivity contribution in [2.24, 2.45) is 0 Å². The van der Waals surface area contributed by atoms with Crippen molar-refractivity contribution in [3.63, 3.8) is 0 Å². The van der Waals surface area contributed by atoms with Gasteiger partial charge in [0.05, 0.1) is 18.3 Å². The summed E-state index contributed by atoms with van der Waals surface area (Å²) in [5, 5.41) is 5.72. The van der Waals surface area contributed by atoms with Crippen LogP contribution in [0.1, 0.15) is 36.1 Å². The lowest BCUT2D eigenvalue weighted by Gasteiger charge is -2.20. The van der Waals surface area contributed by atoms with E-state index in [1.165, 1.54) is 0 Å². The van der Waals surface area contributed by atoms with Crippen LogP contribution in [0.4, 0.5) is 5.69 Å². The van der Waals surface area contributed by atoms with Gasteiger partial charge in [-0.1, -0.05) is 42.0 Å². The number of aromatic nitrogens is 1. The minimum atomic E-state index is -0.406. The molecule has 0 radical (unpaired) electrons. The second-order valence-electron chi connectivity index (χ2n) is 6.85.